The third-order valence-corrected chi connectivity index (χ3v) is 2.54. The van der Waals surface area contributed by atoms with E-state index in [9.17, 15) is 4.79 Å². The van der Waals surface area contributed by atoms with Crippen molar-refractivity contribution >= 4 is 23.7 Å². The highest BCUT2D eigenvalue weighted by molar-refractivity contribution is 7.97. The molecule has 118 valence electrons. The van der Waals surface area contributed by atoms with Gasteiger partial charge in [0.25, 0.3) is 0 Å². The molecule has 0 aromatic carbocycles. The number of nitrogens with two attached hydrogens (primary N) is 2. The van der Waals surface area contributed by atoms with Crippen molar-refractivity contribution < 1.29 is 9.53 Å². The molecule has 0 amide bonds. The van der Waals surface area contributed by atoms with Gasteiger partial charge in [0.15, 0.2) is 0 Å². The number of hydrogen-bond donors (Lipinski definition) is 2. The number of anilines is 1. The molecular weight excluding hydrogens is 274 g/mol. The van der Waals surface area contributed by atoms with Crippen LogP contribution in [0.5, 0.6) is 0 Å². The molecule has 4 N–H and O–H groups in total. The van der Waals surface area contributed by atoms with Crippen molar-refractivity contribution in [3.05, 3.63) is 11.8 Å². The minimum Gasteiger partial charge on any atom is -0.443 e. The van der Waals surface area contributed by atoms with Gasteiger partial charge in [0.05, 0.1) is 5.69 Å². The van der Waals surface area contributed by atoms with Crippen molar-refractivity contribution in [3.8, 4) is 0 Å². The van der Waals surface area contributed by atoms with Gasteiger partial charge in [-0.05, 0) is 45.2 Å². The third-order valence-electron chi connectivity index (χ3n) is 1.90. The number of nitrogen functional groups attached to an aromatic ring is 1. The van der Waals surface area contributed by atoms with Crippen LogP contribution in [0.3, 0.4) is 0 Å². The molecule has 20 heavy (non-hydrogen) atoms. The number of rotatable bonds is 1. The Morgan fingerprint density at radius 2 is 1.70 bits per heavy atom. The molecule has 1 aromatic heterocycles. The summed E-state index contributed by atoms with van der Waals surface area (Å²) in [6.45, 7) is 15.2. The Bertz CT molecular complexity index is 409. The van der Waals surface area contributed by atoms with E-state index in [1.54, 1.807) is 27.0 Å². The summed E-state index contributed by atoms with van der Waals surface area (Å²) in [4.78, 5) is 11.8. The zero-order chi connectivity index (χ0) is 16.5. The Labute approximate surface area is 127 Å². The Kier molecular flexibility index (Phi) is 10.3. The lowest BCUT2D eigenvalue weighted by Crippen LogP contribution is -2.27. The van der Waals surface area contributed by atoms with Crippen LogP contribution in [0.1, 0.15) is 54.0 Å². The first-order valence-corrected chi connectivity index (χ1v) is 7.71. The summed E-state index contributed by atoms with van der Waals surface area (Å²) in [6.07, 6.45) is 1.15. The number of ether oxygens (including phenoxy) is 1. The second kappa shape index (κ2) is 9.72. The lowest BCUT2D eigenvalue weighted by atomic mass is 10.2. The van der Waals surface area contributed by atoms with E-state index in [2.05, 4.69) is 0 Å². The summed E-state index contributed by atoms with van der Waals surface area (Å²) >= 11 is 0.934. The van der Waals surface area contributed by atoms with Crippen LogP contribution in [0.4, 0.5) is 10.5 Å². The predicted molar refractivity (Wildman–Crippen MR) is 88.0 cm³/mol. The van der Waals surface area contributed by atoms with Crippen molar-refractivity contribution in [2.75, 3.05) is 5.73 Å². The normalized spacial score (nSPS) is 9.85. The molecule has 0 aliphatic heterocycles. The van der Waals surface area contributed by atoms with Crippen molar-refractivity contribution in [1.82, 2.24) is 4.57 Å². The van der Waals surface area contributed by atoms with Crippen LogP contribution in [-0.4, -0.2) is 16.3 Å². The summed E-state index contributed by atoms with van der Waals surface area (Å²) in [5.41, 5.74) is 6.56. The van der Waals surface area contributed by atoms with E-state index >= 15 is 0 Å². The van der Waals surface area contributed by atoms with Crippen LogP contribution in [-0.2, 0) is 4.74 Å². The van der Waals surface area contributed by atoms with E-state index < -0.39 is 11.7 Å². The van der Waals surface area contributed by atoms with Gasteiger partial charge >= 0.3 is 6.09 Å². The predicted octanol–water partition coefficient (Wildman–Crippen LogP) is 4.18. The minimum atomic E-state index is -0.541. The first-order valence-electron chi connectivity index (χ1n) is 6.83. The molecule has 5 nitrogen and oxygen atoms in total. The van der Waals surface area contributed by atoms with Gasteiger partial charge in [-0.2, -0.15) is 0 Å². The highest BCUT2D eigenvalue weighted by Gasteiger charge is 2.21. The van der Waals surface area contributed by atoms with Gasteiger partial charge in [-0.1, -0.05) is 27.7 Å². The van der Waals surface area contributed by atoms with Crippen LogP contribution in [0.25, 0.3) is 0 Å². The molecule has 0 saturated carbocycles. The molecule has 0 bridgehead atoms. The van der Waals surface area contributed by atoms with Crippen LogP contribution >= 0.6 is 11.9 Å². The fourth-order valence-corrected chi connectivity index (χ4v) is 1.72. The SMILES string of the molecule is CC.CC.Cc1cn(C(=O)OC(C)(C)C)c(SN)c1N. The number of nitrogens with zero attached hydrogens (tertiary/aromatic N) is 1. The molecule has 0 aliphatic carbocycles. The second-order valence-corrected chi connectivity index (χ2v) is 5.12. The second-order valence-electron chi connectivity index (χ2n) is 4.50. The summed E-state index contributed by atoms with van der Waals surface area (Å²) in [7, 11) is 0. The Morgan fingerprint density at radius 1 is 1.25 bits per heavy atom. The topological polar surface area (TPSA) is 83.3 Å². The number of hydrogen-bond acceptors (Lipinski definition) is 5. The van der Waals surface area contributed by atoms with Gasteiger partial charge in [-0.15, -0.1) is 0 Å². The average Bonchev–Trinajstić information content (AvgIpc) is 2.68. The van der Waals surface area contributed by atoms with Crippen molar-refractivity contribution in [2.24, 2.45) is 5.14 Å². The standard InChI is InChI=1S/C10H17N3O2S.2C2H6/c1-6-5-13(8(16-12)7(6)11)9(14)15-10(2,3)4;2*1-2/h5H,11-12H2,1-4H3;2*1-2H3. The fourth-order valence-electron chi connectivity index (χ4n) is 1.19. The fraction of sp³-hybridized carbons (Fsp3) is 0.643. The maximum absolute atomic E-state index is 11.8. The molecule has 0 fully saturated rings. The van der Waals surface area contributed by atoms with Gasteiger partial charge in [0, 0.05) is 6.20 Å². The monoisotopic (exact) mass is 303 g/mol. The molecule has 1 aromatic rings. The molecule has 0 saturated heterocycles. The van der Waals surface area contributed by atoms with Gasteiger partial charge in [-0.25, -0.2) is 9.36 Å². The molecule has 1 rings (SSSR count). The molecule has 0 aliphatic rings. The zero-order valence-corrected chi connectivity index (χ0v) is 14.7. The van der Waals surface area contributed by atoms with Crippen molar-refractivity contribution in [2.45, 2.75) is 66.0 Å². The average molecular weight is 303 g/mol. The summed E-state index contributed by atoms with van der Waals surface area (Å²) in [5.74, 6) is 0. The Hall–Kier alpha value is -1.14. The van der Waals surface area contributed by atoms with Crippen molar-refractivity contribution in [1.29, 1.82) is 0 Å². The van der Waals surface area contributed by atoms with Crippen molar-refractivity contribution in [3.63, 3.8) is 0 Å². The summed E-state index contributed by atoms with van der Waals surface area (Å²) in [6, 6.07) is 0. The molecule has 0 radical (unpaired) electrons. The lowest BCUT2D eigenvalue weighted by Gasteiger charge is -2.20. The minimum absolute atomic E-state index is 0.472. The van der Waals surface area contributed by atoms with Gasteiger partial charge < -0.3 is 10.5 Å². The van der Waals surface area contributed by atoms with Crippen LogP contribution in [0, 0.1) is 6.92 Å². The lowest BCUT2D eigenvalue weighted by molar-refractivity contribution is 0.0524. The van der Waals surface area contributed by atoms with Crippen LogP contribution in [0.2, 0.25) is 0 Å². The van der Waals surface area contributed by atoms with E-state index in [4.69, 9.17) is 15.6 Å². The highest BCUT2D eigenvalue weighted by Crippen LogP contribution is 2.27. The molecule has 1 heterocycles. The van der Waals surface area contributed by atoms with E-state index in [1.807, 2.05) is 34.6 Å². The number of carbonyl (C=O) groups excluding carboxylic acids is 1. The smallest absolute Gasteiger partial charge is 0.419 e. The molecule has 0 atom stereocenters. The first-order chi connectivity index (χ1) is 9.26. The zero-order valence-electron chi connectivity index (χ0n) is 13.9. The third kappa shape index (κ3) is 6.34. The van der Waals surface area contributed by atoms with Crippen LogP contribution < -0.4 is 10.9 Å². The van der Waals surface area contributed by atoms with Gasteiger partial charge in [0.1, 0.15) is 10.6 Å². The molecule has 6 heteroatoms. The van der Waals surface area contributed by atoms with E-state index in [1.165, 1.54) is 4.57 Å². The van der Waals surface area contributed by atoms with E-state index in [0.717, 1.165) is 17.5 Å². The number of carbonyl (C=O) groups is 1. The number of aryl methyl sites for hydroxylation is 1. The summed E-state index contributed by atoms with van der Waals surface area (Å²) in [5, 5.41) is 5.98. The highest BCUT2D eigenvalue weighted by atomic mass is 32.2. The van der Waals surface area contributed by atoms with E-state index in [0.29, 0.717) is 10.7 Å². The molecule has 0 unspecified atom stereocenters. The van der Waals surface area contributed by atoms with Gasteiger partial charge in [0.2, 0.25) is 0 Å². The first kappa shape index (κ1) is 21.2. The molecule has 0 spiro atoms. The molecular formula is C14H29N3O2S. The Morgan fingerprint density at radius 3 is 2.05 bits per heavy atom. The summed E-state index contributed by atoms with van der Waals surface area (Å²) < 4.78 is 6.57. The maximum Gasteiger partial charge on any atom is 0.419 e. The van der Waals surface area contributed by atoms with Crippen LogP contribution in [0.15, 0.2) is 11.2 Å². The number of aromatic nitrogens is 1. The Balaban J connectivity index is 0. The quantitative estimate of drug-likeness (QED) is 0.760. The van der Waals surface area contributed by atoms with Gasteiger partial charge in [-0.3, -0.25) is 5.14 Å². The van der Waals surface area contributed by atoms with E-state index in [-0.39, 0.29) is 0 Å². The largest absolute Gasteiger partial charge is 0.443 e. The maximum atomic E-state index is 11.8.